The molecule has 1 amide bonds. The van der Waals surface area contributed by atoms with Gasteiger partial charge >= 0.3 is 11.9 Å². The summed E-state index contributed by atoms with van der Waals surface area (Å²) in [5, 5.41) is 2.81. The van der Waals surface area contributed by atoms with Crippen molar-refractivity contribution < 1.29 is 23.9 Å². The predicted molar refractivity (Wildman–Crippen MR) is 89.1 cm³/mol. The number of hydrogen-bond acceptors (Lipinski definition) is 5. The molecule has 24 heavy (non-hydrogen) atoms. The summed E-state index contributed by atoms with van der Waals surface area (Å²) in [5.41, 5.74) is 2.13. The molecule has 0 spiro atoms. The van der Waals surface area contributed by atoms with Gasteiger partial charge in [0.1, 0.15) is 0 Å². The molecule has 0 fully saturated rings. The van der Waals surface area contributed by atoms with Crippen LogP contribution in [0.2, 0.25) is 0 Å². The van der Waals surface area contributed by atoms with E-state index in [0.717, 1.165) is 23.3 Å². The predicted octanol–water partition coefficient (Wildman–Crippen LogP) is 2.22. The molecule has 0 radical (unpaired) electrons. The number of esters is 2. The van der Waals surface area contributed by atoms with Gasteiger partial charge in [-0.2, -0.15) is 0 Å². The number of carbonyl (C=O) groups is 3. The van der Waals surface area contributed by atoms with Gasteiger partial charge in [-0.1, -0.05) is 36.8 Å². The Kier molecular flexibility index (Phi) is 8.25. The molecule has 0 saturated heterocycles. The first-order valence-corrected chi connectivity index (χ1v) is 7.83. The van der Waals surface area contributed by atoms with Crippen LogP contribution in [0.25, 0.3) is 0 Å². The Morgan fingerprint density at radius 1 is 1.04 bits per heavy atom. The molecule has 0 unspecified atom stereocenters. The molecule has 6 nitrogen and oxygen atoms in total. The van der Waals surface area contributed by atoms with E-state index in [4.69, 9.17) is 4.74 Å². The maximum Gasteiger partial charge on any atom is 0.331 e. The summed E-state index contributed by atoms with van der Waals surface area (Å²) < 4.78 is 9.42. The summed E-state index contributed by atoms with van der Waals surface area (Å²) in [5.74, 6) is -1.81. The Hall–Kier alpha value is -2.63. The molecule has 0 aliphatic heterocycles. The first-order chi connectivity index (χ1) is 11.5. The lowest BCUT2D eigenvalue weighted by Gasteiger charge is -2.17. The smallest absolute Gasteiger partial charge is 0.331 e. The Morgan fingerprint density at radius 2 is 1.62 bits per heavy atom. The fourth-order valence-corrected chi connectivity index (χ4v) is 1.97. The summed E-state index contributed by atoms with van der Waals surface area (Å²) in [4.78, 5) is 34.4. The van der Waals surface area contributed by atoms with E-state index in [-0.39, 0.29) is 12.6 Å². The highest BCUT2D eigenvalue weighted by atomic mass is 16.5. The van der Waals surface area contributed by atoms with Gasteiger partial charge in [-0.3, -0.25) is 4.79 Å². The molecule has 0 saturated carbocycles. The molecule has 6 heteroatoms. The molecule has 0 aliphatic rings. The van der Waals surface area contributed by atoms with Crippen molar-refractivity contribution in [1.82, 2.24) is 5.32 Å². The van der Waals surface area contributed by atoms with Crippen molar-refractivity contribution in [3.8, 4) is 0 Å². The van der Waals surface area contributed by atoms with Crippen LogP contribution in [-0.2, 0) is 23.9 Å². The molecule has 1 rings (SSSR count). The van der Waals surface area contributed by atoms with Crippen molar-refractivity contribution in [3.63, 3.8) is 0 Å². The average molecular weight is 333 g/mol. The molecule has 1 aromatic rings. The first kappa shape index (κ1) is 19.4. The topological polar surface area (TPSA) is 81.7 Å². The van der Waals surface area contributed by atoms with Gasteiger partial charge in [0, 0.05) is 12.2 Å². The molecule has 0 aromatic heterocycles. The number of carbonyl (C=O) groups excluding carboxylic acids is 3. The van der Waals surface area contributed by atoms with Crippen LogP contribution < -0.4 is 5.32 Å². The van der Waals surface area contributed by atoms with Gasteiger partial charge in [0.15, 0.2) is 6.61 Å². The highest BCUT2D eigenvalue weighted by molar-refractivity contribution is 5.92. The van der Waals surface area contributed by atoms with Gasteiger partial charge in [-0.25, -0.2) is 9.59 Å². The highest BCUT2D eigenvalue weighted by Gasteiger charge is 2.13. The van der Waals surface area contributed by atoms with Crippen LogP contribution in [0.5, 0.6) is 0 Å². The van der Waals surface area contributed by atoms with E-state index >= 15 is 0 Å². The van der Waals surface area contributed by atoms with Gasteiger partial charge in [0.2, 0.25) is 0 Å². The number of rotatable bonds is 8. The minimum Gasteiger partial charge on any atom is -0.463 e. The van der Waals surface area contributed by atoms with E-state index in [0.29, 0.717) is 6.42 Å². The molecule has 0 aliphatic carbocycles. The van der Waals surface area contributed by atoms with Gasteiger partial charge in [-0.15, -0.1) is 0 Å². The largest absolute Gasteiger partial charge is 0.463 e. The van der Waals surface area contributed by atoms with Gasteiger partial charge in [0.25, 0.3) is 5.91 Å². The number of nitrogens with one attached hydrogen (secondary N) is 1. The Bertz CT molecular complexity index is 592. The second kappa shape index (κ2) is 10.2. The minimum atomic E-state index is -0.776. The first-order valence-electron chi connectivity index (χ1n) is 7.83. The summed E-state index contributed by atoms with van der Waals surface area (Å²) >= 11 is 0. The molecule has 0 heterocycles. The maximum atomic E-state index is 11.9. The third-order valence-electron chi connectivity index (χ3n) is 3.21. The minimum absolute atomic E-state index is 0.146. The van der Waals surface area contributed by atoms with E-state index < -0.39 is 24.5 Å². The molecule has 1 atom stereocenters. The normalized spacial score (nSPS) is 11.8. The number of ether oxygens (including phenoxy) is 2. The Labute approximate surface area is 141 Å². The molecular formula is C18H23NO5. The molecule has 1 aromatic carbocycles. The van der Waals surface area contributed by atoms with E-state index in [2.05, 4.69) is 10.1 Å². The van der Waals surface area contributed by atoms with Gasteiger partial charge in [-0.05, 0) is 25.8 Å². The Balaban J connectivity index is 2.45. The third kappa shape index (κ3) is 7.09. The van der Waals surface area contributed by atoms with Gasteiger partial charge in [0.05, 0.1) is 12.6 Å². The standard InChI is InChI=1S/C18H23NO5/c1-4-15(14-8-6-13(3)7-9-14)19-16(20)12-24-18(22)11-10-17(21)23-5-2/h6-11,15H,4-5,12H2,1-3H3,(H,19,20)/b11-10+/t15-/m1/s1. The molecule has 130 valence electrons. The fraction of sp³-hybridized carbons (Fsp3) is 0.389. The quantitative estimate of drug-likeness (QED) is 0.583. The van der Waals surface area contributed by atoms with Crippen LogP contribution in [0.3, 0.4) is 0 Å². The molecule has 0 bridgehead atoms. The zero-order chi connectivity index (χ0) is 17.9. The van der Waals surface area contributed by atoms with Crippen molar-refractivity contribution >= 4 is 17.8 Å². The van der Waals surface area contributed by atoms with Crippen LogP contribution >= 0.6 is 0 Å². The molecule has 1 N–H and O–H groups in total. The average Bonchev–Trinajstić information content (AvgIpc) is 2.57. The zero-order valence-electron chi connectivity index (χ0n) is 14.2. The van der Waals surface area contributed by atoms with Crippen LogP contribution in [0, 0.1) is 6.92 Å². The fourth-order valence-electron chi connectivity index (χ4n) is 1.97. The maximum absolute atomic E-state index is 11.9. The number of amides is 1. The van der Waals surface area contributed by atoms with E-state index in [9.17, 15) is 14.4 Å². The molecular weight excluding hydrogens is 310 g/mol. The Morgan fingerprint density at radius 3 is 2.17 bits per heavy atom. The number of benzene rings is 1. The lowest BCUT2D eigenvalue weighted by atomic mass is 10.0. The van der Waals surface area contributed by atoms with E-state index in [1.807, 2.05) is 38.1 Å². The van der Waals surface area contributed by atoms with Crippen molar-refractivity contribution in [3.05, 3.63) is 47.5 Å². The van der Waals surface area contributed by atoms with Crippen LogP contribution in [-0.4, -0.2) is 31.1 Å². The zero-order valence-corrected chi connectivity index (χ0v) is 14.2. The summed E-state index contributed by atoms with van der Waals surface area (Å²) in [6.07, 6.45) is 2.61. The SMILES string of the molecule is CCOC(=O)/C=C/C(=O)OCC(=O)N[C@H](CC)c1ccc(C)cc1. The summed E-state index contributed by atoms with van der Waals surface area (Å²) in [6.45, 7) is 5.42. The van der Waals surface area contributed by atoms with Crippen molar-refractivity contribution in [1.29, 1.82) is 0 Å². The van der Waals surface area contributed by atoms with Gasteiger partial charge < -0.3 is 14.8 Å². The van der Waals surface area contributed by atoms with E-state index in [1.165, 1.54) is 0 Å². The van der Waals surface area contributed by atoms with Crippen LogP contribution in [0.4, 0.5) is 0 Å². The highest BCUT2D eigenvalue weighted by Crippen LogP contribution is 2.16. The third-order valence-corrected chi connectivity index (χ3v) is 3.21. The number of aryl methyl sites for hydroxylation is 1. The van der Waals surface area contributed by atoms with Crippen LogP contribution in [0.1, 0.15) is 37.4 Å². The monoisotopic (exact) mass is 333 g/mol. The van der Waals surface area contributed by atoms with Crippen molar-refractivity contribution in [2.75, 3.05) is 13.2 Å². The van der Waals surface area contributed by atoms with E-state index in [1.54, 1.807) is 6.92 Å². The summed E-state index contributed by atoms with van der Waals surface area (Å²) in [6, 6.07) is 7.72. The number of hydrogen-bond donors (Lipinski definition) is 1. The lowest BCUT2D eigenvalue weighted by Crippen LogP contribution is -2.32. The second-order valence-electron chi connectivity index (χ2n) is 5.13. The van der Waals surface area contributed by atoms with Crippen molar-refractivity contribution in [2.45, 2.75) is 33.2 Å². The lowest BCUT2D eigenvalue weighted by molar-refractivity contribution is -0.144. The van der Waals surface area contributed by atoms with Crippen LogP contribution in [0.15, 0.2) is 36.4 Å². The summed E-state index contributed by atoms with van der Waals surface area (Å²) in [7, 11) is 0. The van der Waals surface area contributed by atoms with Crippen molar-refractivity contribution in [2.24, 2.45) is 0 Å². The second-order valence-corrected chi connectivity index (χ2v) is 5.13.